The molecule has 0 saturated carbocycles. The first kappa shape index (κ1) is 15.2. The molecule has 120 valence electrons. The zero-order chi connectivity index (χ0) is 16.4. The van der Waals surface area contributed by atoms with Gasteiger partial charge in [0.2, 0.25) is 5.88 Å². The molecule has 9 heteroatoms. The van der Waals surface area contributed by atoms with Gasteiger partial charge in [-0.2, -0.15) is 0 Å². The van der Waals surface area contributed by atoms with Gasteiger partial charge in [-0.15, -0.1) is 4.40 Å². The van der Waals surface area contributed by atoms with Crippen molar-refractivity contribution < 1.29 is 17.9 Å². The van der Waals surface area contributed by atoms with Gasteiger partial charge >= 0.3 is 0 Å². The SMILES string of the molecule is COc1ncccc1NC(=O)C1=CC=CN2CCS(=O)(=O)N=C12. The standard InChI is InChI=1S/C14H14N4O4S/c1-22-14-11(5-2-6-15-14)16-13(19)10-4-3-7-18-8-9-23(20,21)17-12(10)18/h2-7H,8-9H2,1H3,(H,16,19). The summed E-state index contributed by atoms with van der Waals surface area (Å²) in [5.74, 6) is -0.171. The number of rotatable bonds is 3. The Morgan fingerprint density at radius 1 is 1.43 bits per heavy atom. The number of amides is 1. The van der Waals surface area contributed by atoms with Crippen LogP contribution in [0.2, 0.25) is 0 Å². The third-order valence-electron chi connectivity index (χ3n) is 3.31. The minimum atomic E-state index is -3.55. The summed E-state index contributed by atoms with van der Waals surface area (Å²) < 4.78 is 32.2. The number of aromatic nitrogens is 1. The second-order valence-electron chi connectivity index (χ2n) is 4.83. The molecule has 0 fully saturated rings. The van der Waals surface area contributed by atoms with Gasteiger partial charge in [0.1, 0.15) is 5.69 Å². The van der Waals surface area contributed by atoms with Gasteiger partial charge in [0.15, 0.2) is 5.84 Å². The van der Waals surface area contributed by atoms with E-state index in [1.165, 1.54) is 19.4 Å². The number of anilines is 1. The van der Waals surface area contributed by atoms with E-state index in [1.54, 1.807) is 29.3 Å². The summed E-state index contributed by atoms with van der Waals surface area (Å²) in [5, 5.41) is 2.66. The van der Waals surface area contributed by atoms with Crippen LogP contribution in [0.25, 0.3) is 0 Å². The number of hydrogen-bond acceptors (Lipinski definition) is 6. The molecule has 3 rings (SSSR count). The molecule has 23 heavy (non-hydrogen) atoms. The highest BCUT2D eigenvalue weighted by molar-refractivity contribution is 7.90. The summed E-state index contributed by atoms with van der Waals surface area (Å²) in [5.41, 5.74) is 0.558. The molecule has 0 aromatic carbocycles. The molecule has 1 N–H and O–H groups in total. The lowest BCUT2D eigenvalue weighted by molar-refractivity contribution is -0.112. The van der Waals surface area contributed by atoms with Crippen molar-refractivity contribution in [1.82, 2.24) is 9.88 Å². The number of methoxy groups -OCH3 is 1. The van der Waals surface area contributed by atoms with E-state index in [0.29, 0.717) is 5.69 Å². The number of fused-ring (bicyclic) bond motifs is 1. The maximum Gasteiger partial charge on any atom is 0.259 e. The van der Waals surface area contributed by atoms with Gasteiger partial charge in [-0.25, -0.2) is 13.4 Å². The first-order chi connectivity index (χ1) is 11.0. The van der Waals surface area contributed by atoms with Crippen molar-refractivity contribution in [3.63, 3.8) is 0 Å². The Kier molecular flexibility index (Phi) is 3.87. The molecule has 0 atom stereocenters. The molecule has 2 aliphatic rings. The molecule has 2 aliphatic heterocycles. The Balaban J connectivity index is 1.91. The van der Waals surface area contributed by atoms with Crippen LogP contribution in [-0.2, 0) is 14.8 Å². The molecule has 0 radical (unpaired) electrons. The third-order valence-corrected chi connectivity index (χ3v) is 4.46. The fraction of sp³-hybridized carbons (Fsp3) is 0.214. The molecule has 0 spiro atoms. The molecule has 0 bridgehead atoms. The normalized spacial score (nSPS) is 18.6. The number of sulfonamides is 1. The van der Waals surface area contributed by atoms with E-state index >= 15 is 0 Å². The maximum absolute atomic E-state index is 12.5. The van der Waals surface area contributed by atoms with Gasteiger partial charge < -0.3 is 15.0 Å². The van der Waals surface area contributed by atoms with E-state index in [9.17, 15) is 13.2 Å². The lowest BCUT2D eigenvalue weighted by Gasteiger charge is -2.28. The summed E-state index contributed by atoms with van der Waals surface area (Å²) in [6.07, 6.45) is 6.42. The molecular weight excluding hydrogens is 320 g/mol. The number of nitrogens with zero attached hydrogens (tertiary/aromatic N) is 3. The van der Waals surface area contributed by atoms with Crippen LogP contribution in [0, 0.1) is 0 Å². The fourth-order valence-corrected chi connectivity index (χ4v) is 3.22. The van der Waals surface area contributed by atoms with Gasteiger partial charge in [-0.05, 0) is 24.3 Å². The average Bonchev–Trinajstić information content (AvgIpc) is 2.54. The Bertz CT molecular complexity index is 842. The Hall–Kier alpha value is -2.68. The number of hydrogen-bond donors (Lipinski definition) is 1. The van der Waals surface area contributed by atoms with E-state index < -0.39 is 15.9 Å². The third kappa shape index (κ3) is 3.09. The minimum absolute atomic E-state index is 0.0772. The number of amidine groups is 1. The van der Waals surface area contributed by atoms with Crippen LogP contribution in [0.3, 0.4) is 0 Å². The van der Waals surface area contributed by atoms with E-state index in [-0.39, 0.29) is 29.6 Å². The molecule has 0 unspecified atom stereocenters. The fourth-order valence-electron chi connectivity index (χ4n) is 2.23. The number of pyridine rings is 1. The van der Waals surface area contributed by atoms with Gasteiger partial charge in [-0.3, -0.25) is 4.79 Å². The average molecular weight is 334 g/mol. The predicted molar refractivity (Wildman–Crippen MR) is 84.6 cm³/mol. The zero-order valence-electron chi connectivity index (χ0n) is 12.3. The molecule has 8 nitrogen and oxygen atoms in total. The smallest absolute Gasteiger partial charge is 0.259 e. The topological polar surface area (TPSA) is 101 Å². The van der Waals surface area contributed by atoms with E-state index in [0.717, 1.165) is 0 Å². The molecule has 1 aromatic heterocycles. The van der Waals surface area contributed by atoms with Crippen molar-refractivity contribution in [2.45, 2.75) is 0 Å². The summed E-state index contributed by atoms with van der Waals surface area (Å²) in [4.78, 5) is 18.1. The summed E-state index contributed by atoms with van der Waals surface area (Å²) in [7, 11) is -2.11. The molecular formula is C14H14N4O4S. The zero-order valence-corrected chi connectivity index (χ0v) is 13.1. The summed E-state index contributed by atoms with van der Waals surface area (Å²) in [6, 6.07) is 3.29. The van der Waals surface area contributed by atoms with Crippen molar-refractivity contribution in [1.29, 1.82) is 0 Å². The predicted octanol–water partition coefficient (Wildman–Crippen LogP) is 0.526. The largest absolute Gasteiger partial charge is 0.480 e. The lowest BCUT2D eigenvalue weighted by Crippen LogP contribution is -2.40. The van der Waals surface area contributed by atoms with E-state index in [2.05, 4.69) is 14.7 Å². The molecule has 0 aliphatic carbocycles. The summed E-state index contributed by atoms with van der Waals surface area (Å²) in [6.45, 7) is 0.262. The van der Waals surface area contributed by atoms with Crippen molar-refractivity contribution in [2.75, 3.05) is 24.7 Å². The van der Waals surface area contributed by atoms with Crippen molar-refractivity contribution >= 4 is 27.5 Å². The highest BCUT2D eigenvalue weighted by Gasteiger charge is 2.30. The Morgan fingerprint density at radius 2 is 2.26 bits per heavy atom. The van der Waals surface area contributed by atoms with Crippen LogP contribution in [0.1, 0.15) is 0 Å². The molecule has 0 saturated heterocycles. The van der Waals surface area contributed by atoms with Gasteiger partial charge in [0.25, 0.3) is 15.9 Å². The Labute approximate surface area is 133 Å². The number of carbonyl (C=O) groups is 1. The molecule has 1 amide bonds. The quantitative estimate of drug-likeness (QED) is 0.865. The monoisotopic (exact) mass is 334 g/mol. The van der Waals surface area contributed by atoms with Crippen molar-refractivity contribution in [2.24, 2.45) is 4.40 Å². The second kappa shape index (κ2) is 5.84. The van der Waals surface area contributed by atoms with Crippen LogP contribution in [-0.4, -0.2) is 49.5 Å². The van der Waals surface area contributed by atoms with Crippen LogP contribution in [0.4, 0.5) is 5.69 Å². The van der Waals surface area contributed by atoms with Crippen molar-refractivity contribution in [3.05, 3.63) is 42.3 Å². The van der Waals surface area contributed by atoms with E-state index in [1.807, 2.05) is 0 Å². The minimum Gasteiger partial charge on any atom is -0.480 e. The highest BCUT2D eigenvalue weighted by Crippen LogP contribution is 2.23. The number of allylic oxidation sites excluding steroid dienone is 2. The highest BCUT2D eigenvalue weighted by atomic mass is 32.2. The molecule has 1 aromatic rings. The number of carbonyl (C=O) groups excluding carboxylic acids is 1. The first-order valence-corrected chi connectivity index (χ1v) is 8.39. The maximum atomic E-state index is 12.5. The Morgan fingerprint density at radius 3 is 3.04 bits per heavy atom. The number of ether oxygens (including phenoxy) is 1. The van der Waals surface area contributed by atoms with Gasteiger partial charge in [0, 0.05) is 18.9 Å². The lowest BCUT2D eigenvalue weighted by atomic mass is 10.1. The van der Waals surface area contributed by atoms with Crippen molar-refractivity contribution in [3.8, 4) is 5.88 Å². The second-order valence-corrected chi connectivity index (χ2v) is 6.59. The molecule has 3 heterocycles. The summed E-state index contributed by atoms with van der Waals surface area (Å²) >= 11 is 0. The van der Waals surface area contributed by atoms with Crippen LogP contribution in [0.5, 0.6) is 5.88 Å². The number of nitrogens with one attached hydrogen (secondary N) is 1. The van der Waals surface area contributed by atoms with Crippen LogP contribution < -0.4 is 10.1 Å². The van der Waals surface area contributed by atoms with E-state index in [4.69, 9.17) is 4.74 Å². The van der Waals surface area contributed by atoms with Gasteiger partial charge in [0.05, 0.1) is 18.4 Å². The first-order valence-electron chi connectivity index (χ1n) is 6.79. The van der Waals surface area contributed by atoms with Crippen LogP contribution >= 0.6 is 0 Å². The van der Waals surface area contributed by atoms with Gasteiger partial charge in [-0.1, -0.05) is 0 Å². The van der Waals surface area contributed by atoms with Crippen LogP contribution in [0.15, 0.2) is 46.7 Å².